The average Bonchev–Trinajstić information content (AvgIpc) is 3.04. The van der Waals surface area contributed by atoms with Crippen molar-refractivity contribution in [1.82, 2.24) is 10.2 Å². The molecule has 0 atom stereocenters. The molecule has 1 aromatic heterocycles. The zero-order valence-corrected chi connectivity index (χ0v) is 14.1. The number of rotatable bonds is 6. The molecular weight excluding hydrogens is 318 g/mol. The number of hydrogen-bond acceptors (Lipinski definition) is 4. The third-order valence-electron chi connectivity index (χ3n) is 3.62. The molecule has 0 saturated heterocycles. The van der Waals surface area contributed by atoms with Gasteiger partial charge in [0, 0.05) is 23.2 Å². The van der Waals surface area contributed by atoms with Gasteiger partial charge in [-0.3, -0.25) is 9.89 Å². The minimum Gasteiger partial charge on any atom is -0.493 e. The molecule has 0 unspecified atom stereocenters. The zero-order valence-electron chi connectivity index (χ0n) is 14.1. The Morgan fingerprint density at radius 3 is 2.88 bits per heavy atom. The van der Waals surface area contributed by atoms with Crippen LogP contribution in [0.1, 0.15) is 12.6 Å². The number of methoxy groups -OCH3 is 1. The standard InChI is InChI=1S/C19H19N3O3/c1-3-25-17-10-8-13(12-18(17)24-2)20-19(23)11-9-16-14-6-4-5-7-15(14)21-22-16/h4-12H,3H2,1-2H3,(H,20,23)(H,21,22). The Labute approximate surface area is 145 Å². The number of para-hydroxylation sites is 1. The maximum absolute atomic E-state index is 12.1. The van der Waals surface area contributed by atoms with Crippen LogP contribution in [0.5, 0.6) is 11.5 Å². The third kappa shape index (κ3) is 3.80. The van der Waals surface area contributed by atoms with Crippen LogP contribution >= 0.6 is 0 Å². The first-order valence-corrected chi connectivity index (χ1v) is 7.94. The summed E-state index contributed by atoms with van der Waals surface area (Å²) in [6.07, 6.45) is 3.13. The van der Waals surface area contributed by atoms with Crippen LogP contribution in [-0.2, 0) is 4.79 Å². The van der Waals surface area contributed by atoms with Crippen molar-refractivity contribution in [2.24, 2.45) is 0 Å². The van der Waals surface area contributed by atoms with E-state index < -0.39 is 0 Å². The highest BCUT2D eigenvalue weighted by Gasteiger charge is 2.07. The second kappa shape index (κ2) is 7.53. The van der Waals surface area contributed by atoms with Crippen LogP contribution < -0.4 is 14.8 Å². The predicted octanol–water partition coefficient (Wildman–Crippen LogP) is 3.62. The number of benzene rings is 2. The monoisotopic (exact) mass is 337 g/mol. The summed E-state index contributed by atoms with van der Waals surface area (Å²) in [5, 5.41) is 10.9. The lowest BCUT2D eigenvalue weighted by molar-refractivity contribution is -0.111. The number of H-pyrrole nitrogens is 1. The number of anilines is 1. The van der Waals surface area contributed by atoms with E-state index in [1.165, 1.54) is 6.08 Å². The van der Waals surface area contributed by atoms with E-state index >= 15 is 0 Å². The van der Waals surface area contributed by atoms with Gasteiger partial charge in [0.25, 0.3) is 0 Å². The summed E-state index contributed by atoms with van der Waals surface area (Å²) in [6.45, 7) is 2.45. The number of carbonyl (C=O) groups excluding carboxylic acids is 1. The molecule has 0 radical (unpaired) electrons. The highest BCUT2D eigenvalue weighted by atomic mass is 16.5. The lowest BCUT2D eigenvalue weighted by atomic mass is 10.2. The Balaban J connectivity index is 1.72. The normalized spacial score (nSPS) is 11.0. The van der Waals surface area contributed by atoms with E-state index in [4.69, 9.17) is 9.47 Å². The molecule has 0 aliphatic rings. The topological polar surface area (TPSA) is 76.2 Å². The SMILES string of the molecule is CCOc1ccc(NC(=O)C=Cc2n[nH]c3ccccc23)cc1OC. The van der Waals surface area contributed by atoms with Crippen LogP contribution in [0, 0.1) is 0 Å². The summed E-state index contributed by atoms with van der Waals surface area (Å²) in [4.78, 5) is 12.1. The summed E-state index contributed by atoms with van der Waals surface area (Å²) < 4.78 is 10.7. The van der Waals surface area contributed by atoms with E-state index in [1.54, 1.807) is 31.4 Å². The van der Waals surface area contributed by atoms with Crippen LogP contribution in [0.25, 0.3) is 17.0 Å². The number of nitrogens with one attached hydrogen (secondary N) is 2. The molecule has 3 rings (SSSR count). The van der Waals surface area contributed by atoms with E-state index in [0.717, 1.165) is 16.6 Å². The molecule has 0 saturated carbocycles. The molecule has 2 aromatic carbocycles. The fourth-order valence-electron chi connectivity index (χ4n) is 2.47. The molecule has 1 heterocycles. The second-order valence-electron chi connectivity index (χ2n) is 5.28. The number of aromatic amines is 1. The van der Waals surface area contributed by atoms with Gasteiger partial charge >= 0.3 is 0 Å². The summed E-state index contributed by atoms with van der Waals surface area (Å²) in [6, 6.07) is 13.0. The Morgan fingerprint density at radius 1 is 1.24 bits per heavy atom. The Bertz CT molecular complexity index is 915. The molecule has 1 amide bonds. The molecular formula is C19H19N3O3. The number of ether oxygens (including phenoxy) is 2. The molecule has 6 nitrogen and oxygen atoms in total. The van der Waals surface area contributed by atoms with E-state index in [2.05, 4.69) is 15.5 Å². The summed E-state index contributed by atoms with van der Waals surface area (Å²) in [7, 11) is 1.56. The van der Waals surface area contributed by atoms with Gasteiger partial charge in [0.2, 0.25) is 5.91 Å². The highest BCUT2D eigenvalue weighted by molar-refractivity contribution is 6.03. The minimum atomic E-state index is -0.252. The van der Waals surface area contributed by atoms with E-state index in [9.17, 15) is 4.79 Å². The molecule has 3 aromatic rings. The molecule has 0 aliphatic heterocycles. The Hall–Kier alpha value is -3.28. The molecule has 25 heavy (non-hydrogen) atoms. The second-order valence-corrected chi connectivity index (χ2v) is 5.28. The van der Waals surface area contributed by atoms with Gasteiger partial charge in [-0.2, -0.15) is 5.10 Å². The van der Waals surface area contributed by atoms with Gasteiger partial charge in [-0.05, 0) is 31.2 Å². The van der Waals surface area contributed by atoms with Gasteiger partial charge in [-0.15, -0.1) is 0 Å². The fraction of sp³-hybridized carbons (Fsp3) is 0.158. The van der Waals surface area contributed by atoms with E-state index in [0.29, 0.717) is 23.8 Å². The maximum atomic E-state index is 12.1. The number of fused-ring (bicyclic) bond motifs is 1. The molecule has 6 heteroatoms. The lowest BCUT2D eigenvalue weighted by Crippen LogP contribution is -2.08. The van der Waals surface area contributed by atoms with E-state index in [-0.39, 0.29) is 5.91 Å². The predicted molar refractivity (Wildman–Crippen MR) is 97.9 cm³/mol. The number of hydrogen-bond donors (Lipinski definition) is 2. The smallest absolute Gasteiger partial charge is 0.248 e. The minimum absolute atomic E-state index is 0.252. The molecule has 0 aliphatic carbocycles. The van der Waals surface area contributed by atoms with E-state index in [1.807, 2.05) is 31.2 Å². The number of aromatic nitrogens is 2. The van der Waals surface area contributed by atoms with Crippen LogP contribution in [0.4, 0.5) is 5.69 Å². The third-order valence-corrected chi connectivity index (χ3v) is 3.62. The van der Waals surface area contributed by atoms with Crippen LogP contribution in [0.15, 0.2) is 48.5 Å². The van der Waals surface area contributed by atoms with Crippen LogP contribution in [-0.4, -0.2) is 29.8 Å². The summed E-state index contributed by atoms with van der Waals surface area (Å²) in [5.74, 6) is 0.960. The van der Waals surface area contributed by atoms with Gasteiger partial charge in [0.15, 0.2) is 11.5 Å². The quantitative estimate of drug-likeness (QED) is 0.674. The number of nitrogens with zero attached hydrogens (tertiary/aromatic N) is 1. The largest absolute Gasteiger partial charge is 0.493 e. The summed E-state index contributed by atoms with van der Waals surface area (Å²) >= 11 is 0. The van der Waals surface area contributed by atoms with Crippen molar-refractivity contribution >= 4 is 28.6 Å². The first-order chi connectivity index (χ1) is 12.2. The number of amides is 1. The van der Waals surface area contributed by atoms with Crippen molar-refractivity contribution in [3.8, 4) is 11.5 Å². The fourth-order valence-corrected chi connectivity index (χ4v) is 2.47. The van der Waals surface area contributed by atoms with Crippen molar-refractivity contribution < 1.29 is 14.3 Å². The highest BCUT2D eigenvalue weighted by Crippen LogP contribution is 2.30. The maximum Gasteiger partial charge on any atom is 0.248 e. The first-order valence-electron chi connectivity index (χ1n) is 7.94. The number of carbonyl (C=O) groups is 1. The average molecular weight is 337 g/mol. The van der Waals surface area contributed by atoms with Crippen molar-refractivity contribution in [3.63, 3.8) is 0 Å². The first kappa shape index (κ1) is 16.6. The Morgan fingerprint density at radius 2 is 2.08 bits per heavy atom. The van der Waals surface area contributed by atoms with Gasteiger partial charge in [0.05, 0.1) is 24.9 Å². The van der Waals surface area contributed by atoms with Crippen LogP contribution in [0.2, 0.25) is 0 Å². The molecule has 0 fully saturated rings. The van der Waals surface area contributed by atoms with Gasteiger partial charge in [-0.1, -0.05) is 18.2 Å². The van der Waals surface area contributed by atoms with Crippen molar-refractivity contribution in [2.75, 3.05) is 19.0 Å². The van der Waals surface area contributed by atoms with Crippen LogP contribution in [0.3, 0.4) is 0 Å². The molecule has 128 valence electrons. The summed E-state index contributed by atoms with van der Waals surface area (Å²) in [5.41, 5.74) is 2.27. The van der Waals surface area contributed by atoms with Crippen molar-refractivity contribution in [3.05, 3.63) is 54.2 Å². The zero-order chi connectivity index (χ0) is 17.6. The lowest BCUT2D eigenvalue weighted by Gasteiger charge is -2.11. The molecule has 2 N–H and O–H groups in total. The van der Waals surface area contributed by atoms with Crippen molar-refractivity contribution in [2.45, 2.75) is 6.92 Å². The van der Waals surface area contributed by atoms with Gasteiger partial charge < -0.3 is 14.8 Å². The van der Waals surface area contributed by atoms with Gasteiger partial charge in [-0.25, -0.2) is 0 Å². The van der Waals surface area contributed by atoms with Crippen molar-refractivity contribution in [1.29, 1.82) is 0 Å². The molecule has 0 spiro atoms. The Kier molecular flexibility index (Phi) is 4.99. The van der Waals surface area contributed by atoms with Gasteiger partial charge in [0.1, 0.15) is 0 Å². The molecule has 0 bridgehead atoms.